The molecule has 1 fully saturated rings. The maximum atomic E-state index is 13.4. The van der Waals surface area contributed by atoms with Crippen LogP contribution in [0.2, 0.25) is 0 Å². The van der Waals surface area contributed by atoms with Gasteiger partial charge in [0.25, 0.3) is 5.91 Å². The minimum Gasteiger partial charge on any atom is -0.490 e. The van der Waals surface area contributed by atoms with Gasteiger partial charge in [0.05, 0.1) is 23.3 Å². The third-order valence-electron chi connectivity index (χ3n) is 5.50. The molecule has 32 heavy (non-hydrogen) atoms. The van der Waals surface area contributed by atoms with E-state index in [1.807, 2.05) is 20.0 Å². The molecule has 0 N–H and O–H groups in total. The Morgan fingerprint density at radius 2 is 2.03 bits per heavy atom. The predicted octanol–water partition coefficient (Wildman–Crippen LogP) is 4.43. The molecular formula is C23H26F2N4O3. The van der Waals surface area contributed by atoms with Crippen molar-refractivity contribution in [2.45, 2.75) is 45.8 Å². The average molecular weight is 444 g/mol. The number of carbonyl (C=O) groups excluding carboxylic acids is 1. The van der Waals surface area contributed by atoms with Gasteiger partial charge < -0.3 is 14.4 Å². The third kappa shape index (κ3) is 4.37. The van der Waals surface area contributed by atoms with Gasteiger partial charge in [-0.15, -0.1) is 0 Å². The molecule has 9 heteroatoms. The van der Waals surface area contributed by atoms with Gasteiger partial charge in [-0.3, -0.25) is 9.48 Å². The lowest BCUT2D eigenvalue weighted by molar-refractivity contribution is -0.0514. The number of aryl methyl sites for hydroxylation is 2. The van der Waals surface area contributed by atoms with E-state index in [0.29, 0.717) is 23.7 Å². The molecule has 170 valence electrons. The zero-order chi connectivity index (χ0) is 23.0. The van der Waals surface area contributed by atoms with E-state index in [1.165, 1.54) is 6.07 Å². The van der Waals surface area contributed by atoms with E-state index in [1.54, 1.807) is 35.7 Å². The number of hydrogen-bond donors (Lipinski definition) is 0. The molecule has 3 aromatic rings. The van der Waals surface area contributed by atoms with E-state index >= 15 is 0 Å². The van der Waals surface area contributed by atoms with Crippen molar-refractivity contribution in [1.82, 2.24) is 19.7 Å². The van der Waals surface area contributed by atoms with Crippen LogP contribution in [0.3, 0.4) is 0 Å². The highest BCUT2D eigenvalue weighted by molar-refractivity contribution is 6.06. The minimum atomic E-state index is -2.94. The van der Waals surface area contributed by atoms with Gasteiger partial charge >= 0.3 is 6.61 Å². The number of rotatable bonds is 8. The van der Waals surface area contributed by atoms with E-state index in [2.05, 4.69) is 9.84 Å². The van der Waals surface area contributed by atoms with Gasteiger partial charge in [0, 0.05) is 32.3 Å². The number of pyridine rings is 1. The van der Waals surface area contributed by atoms with E-state index in [9.17, 15) is 13.6 Å². The second kappa shape index (κ2) is 8.72. The van der Waals surface area contributed by atoms with Crippen molar-refractivity contribution in [3.63, 3.8) is 0 Å². The topological polar surface area (TPSA) is 69.5 Å². The van der Waals surface area contributed by atoms with Crippen LogP contribution < -0.4 is 9.47 Å². The first-order valence-corrected chi connectivity index (χ1v) is 10.6. The second-order valence-electron chi connectivity index (χ2n) is 8.03. The van der Waals surface area contributed by atoms with Crippen molar-refractivity contribution < 1.29 is 23.0 Å². The maximum Gasteiger partial charge on any atom is 0.387 e. The van der Waals surface area contributed by atoms with E-state index in [0.717, 1.165) is 35.2 Å². The van der Waals surface area contributed by atoms with Crippen molar-refractivity contribution in [3.8, 4) is 11.5 Å². The van der Waals surface area contributed by atoms with Crippen LogP contribution in [-0.2, 0) is 13.6 Å². The highest BCUT2D eigenvalue weighted by Crippen LogP contribution is 2.40. The van der Waals surface area contributed by atoms with Crippen molar-refractivity contribution in [1.29, 1.82) is 0 Å². The van der Waals surface area contributed by atoms with Crippen LogP contribution in [0.5, 0.6) is 11.5 Å². The molecule has 1 saturated carbocycles. The summed E-state index contributed by atoms with van der Waals surface area (Å²) in [6.07, 6.45) is 2.15. The normalized spacial score (nSPS) is 13.6. The maximum absolute atomic E-state index is 13.4. The van der Waals surface area contributed by atoms with E-state index in [-0.39, 0.29) is 24.0 Å². The molecule has 7 nitrogen and oxygen atoms in total. The molecule has 1 aliphatic carbocycles. The van der Waals surface area contributed by atoms with Gasteiger partial charge in [-0.1, -0.05) is 6.07 Å². The van der Waals surface area contributed by atoms with Crippen molar-refractivity contribution in [2.24, 2.45) is 7.05 Å². The van der Waals surface area contributed by atoms with Gasteiger partial charge in [0.2, 0.25) is 0 Å². The number of benzene rings is 1. The summed E-state index contributed by atoms with van der Waals surface area (Å²) in [7, 11) is 3.54. The Kier molecular flexibility index (Phi) is 5.99. The minimum absolute atomic E-state index is 0.0320. The Hall–Kier alpha value is -3.23. The number of ether oxygens (including phenoxy) is 2. The molecule has 0 saturated heterocycles. The van der Waals surface area contributed by atoms with Gasteiger partial charge in [-0.05, 0) is 50.5 Å². The average Bonchev–Trinajstić information content (AvgIpc) is 3.55. The molecule has 0 bridgehead atoms. The van der Waals surface area contributed by atoms with Gasteiger partial charge in [0.1, 0.15) is 0 Å². The number of alkyl halides is 2. The lowest BCUT2D eigenvalue weighted by Gasteiger charge is -2.20. The quantitative estimate of drug-likeness (QED) is 0.514. The zero-order valence-corrected chi connectivity index (χ0v) is 18.6. The molecule has 0 radical (unpaired) electrons. The molecule has 0 atom stereocenters. The van der Waals surface area contributed by atoms with Crippen LogP contribution in [0.1, 0.15) is 53.0 Å². The molecule has 2 heterocycles. The summed E-state index contributed by atoms with van der Waals surface area (Å²) in [4.78, 5) is 19.8. The molecule has 1 amide bonds. The summed E-state index contributed by atoms with van der Waals surface area (Å²) in [5.41, 5.74) is 3.69. The number of amides is 1. The number of fused-ring (bicyclic) bond motifs is 1. The van der Waals surface area contributed by atoms with Crippen molar-refractivity contribution in [2.75, 3.05) is 13.7 Å². The molecule has 1 aliphatic rings. The first-order valence-electron chi connectivity index (χ1n) is 10.6. The zero-order valence-electron chi connectivity index (χ0n) is 18.6. The third-order valence-corrected chi connectivity index (χ3v) is 5.50. The summed E-state index contributed by atoms with van der Waals surface area (Å²) >= 11 is 0. The monoisotopic (exact) mass is 444 g/mol. The fourth-order valence-electron chi connectivity index (χ4n) is 3.88. The number of nitrogens with zero attached hydrogens (tertiary/aromatic N) is 4. The van der Waals surface area contributed by atoms with Crippen LogP contribution in [0.4, 0.5) is 8.78 Å². The van der Waals surface area contributed by atoms with Crippen LogP contribution in [0, 0.1) is 6.92 Å². The SMILES string of the molecule is CCOc1cc(CN(C)C(=O)c2cc(C3CC3)nc3c2c(C)nn3C)ccc1OC(F)F. The standard InChI is InChI=1S/C23H26F2N4O3/c1-5-31-19-10-14(6-9-18(19)32-23(24)25)12-28(3)22(30)16-11-17(15-7-8-15)26-21-20(16)13(2)27-29(21)4/h6,9-11,15,23H,5,7-8,12H2,1-4H3. The Bertz CT molecular complexity index is 1160. The van der Waals surface area contributed by atoms with Crippen LogP contribution in [0.15, 0.2) is 24.3 Å². The van der Waals surface area contributed by atoms with Crippen LogP contribution >= 0.6 is 0 Å². The van der Waals surface area contributed by atoms with Gasteiger partial charge in [0.15, 0.2) is 17.1 Å². The summed E-state index contributed by atoms with van der Waals surface area (Å²) in [5.74, 6) is 0.427. The molecule has 1 aromatic carbocycles. The number of hydrogen-bond acceptors (Lipinski definition) is 5. The van der Waals surface area contributed by atoms with E-state index < -0.39 is 6.61 Å². The van der Waals surface area contributed by atoms with Crippen LogP contribution in [0.25, 0.3) is 11.0 Å². The van der Waals surface area contributed by atoms with E-state index in [4.69, 9.17) is 9.72 Å². The first kappa shape index (κ1) is 22.0. The van der Waals surface area contributed by atoms with Crippen molar-refractivity contribution >= 4 is 16.9 Å². The summed E-state index contributed by atoms with van der Waals surface area (Å²) in [6.45, 7) is 1.26. The van der Waals surface area contributed by atoms with Gasteiger partial charge in [-0.2, -0.15) is 13.9 Å². The smallest absolute Gasteiger partial charge is 0.387 e. The highest BCUT2D eigenvalue weighted by atomic mass is 19.3. The Labute approximate surface area is 184 Å². The Morgan fingerprint density at radius 3 is 2.69 bits per heavy atom. The predicted molar refractivity (Wildman–Crippen MR) is 115 cm³/mol. The lowest BCUT2D eigenvalue weighted by Crippen LogP contribution is -2.26. The Morgan fingerprint density at radius 1 is 1.28 bits per heavy atom. The largest absolute Gasteiger partial charge is 0.490 e. The second-order valence-corrected chi connectivity index (χ2v) is 8.03. The first-order chi connectivity index (χ1) is 15.3. The van der Waals surface area contributed by atoms with Gasteiger partial charge in [-0.25, -0.2) is 4.98 Å². The summed E-state index contributed by atoms with van der Waals surface area (Å²) in [6, 6.07) is 6.60. The number of aromatic nitrogens is 3. The number of carbonyl (C=O) groups is 1. The van der Waals surface area contributed by atoms with Crippen molar-refractivity contribution in [3.05, 3.63) is 46.8 Å². The lowest BCUT2D eigenvalue weighted by atomic mass is 10.1. The molecular weight excluding hydrogens is 418 g/mol. The Balaban J connectivity index is 1.63. The molecule has 0 spiro atoms. The van der Waals surface area contributed by atoms with Crippen LogP contribution in [-0.4, -0.2) is 45.8 Å². The number of halogens is 2. The fourth-order valence-corrected chi connectivity index (χ4v) is 3.88. The molecule has 0 aliphatic heterocycles. The summed E-state index contributed by atoms with van der Waals surface area (Å²) < 4.78 is 37.0. The highest BCUT2D eigenvalue weighted by Gasteiger charge is 2.29. The molecule has 0 unspecified atom stereocenters. The molecule has 2 aromatic heterocycles. The molecule has 4 rings (SSSR count). The fraction of sp³-hybridized carbons (Fsp3) is 0.435. The summed E-state index contributed by atoms with van der Waals surface area (Å²) in [5, 5.41) is 5.21.